The van der Waals surface area contributed by atoms with Gasteiger partial charge in [0.15, 0.2) is 0 Å². The molecule has 0 bridgehead atoms. The van der Waals surface area contributed by atoms with Crippen molar-refractivity contribution >= 4 is 44.8 Å². The van der Waals surface area contributed by atoms with Crippen LogP contribution in [-0.4, -0.2) is 22.1 Å². The molecule has 1 fully saturated rings. The summed E-state index contributed by atoms with van der Waals surface area (Å²) < 4.78 is 0. The third kappa shape index (κ3) is 4.67. The van der Waals surface area contributed by atoms with Gasteiger partial charge < -0.3 is 10.6 Å². The summed E-state index contributed by atoms with van der Waals surface area (Å²) in [5.74, 6) is 0. The van der Waals surface area contributed by atoms with Crippen LogP contribution in [0, 0.1) is 0 Å². The molecule has 0 radical (unpaired) electrons. The van der Waals surface area contributed by atoms with Gasteiger partial charge in [0.05, 0.1) is 16.7 Å². The largest absolute Gasteiger partial charge is 0.382 e. The van der Waals surface area contributed by atoms with E-state index in [0.717, 1.165) is 59.0 Å². The fourth-order valence-corrected chi connectivity index (χ4v) is 5.29. The summed E-state index contributed by atoms with van der Waals surface area (Å²) in [4.78, 5) is 9.39. The van der Waals surface area contributed by atoms with Crippen molar-refractivity contribution in [1.29, 1.82) is 0 Å². The van der Waals surface area contributed by atoms with Crippen molar-refractivity contribution in [3.63, 3.8) is 0 Å². The number of hydrogen-bond donors (Lipinski definition) is 2. The van der Waals surface area contributed by atoms with Crippen LogP contribution in [0.25, 0.3) is 33.1 Å². The fourth-order valence-electron chi connectivity index (χ4n) is 5.12. The second-order valence-electron chi connectivity index (χ2n) is 9.30. The highest BCUT2D eigenvalue weighted by molar-refractivity contribution is 6.31. The van der Waals surface area contributed by atoms with Crippen molar-refractivity contribution < 1.29 is 0 Å². The van der Waals surface area contributed by atoms with Gasteiger partial charge in [-0.25, -0.2) is 4.98 Å². The van der Waals surface area contributed by atoms with Gasteiger partial charge >= 0.3 is 0 Å². The second kappa shape index (κ2) is 9.55. The number of aromatic nitrogens is 2. The van der Waals surface area contributed by atoms with Gasteiger partial charge in [-0.2, -0.15) is 0 Å². The molecule has 1 aliphatic carbocycles. The van der Waals surface area contributed by atoms with E-state index in [1.165, 1.54) is 11.1 Å². The van der Waals surface area contributed by atoms with Crippen LogP contribution >= 0.6 is 11.6 Å². The third-order valence-electron chi connectivity index (χ3n) is 6.94. The summed E-state index contributed by atoms with van der Waals surface area (Å²) in [5, 5.41) is 10.6. The molecule has 2 heterocycles. The Bertz CT molecular complexity index is 1480. The summed E-state index contributed by atoms with van der Waals surface area (Å²) in [6.07, 6.45) is 6.31. The number of fused-ring (bicyclic) bond motifs is 2. The highest BCUT2D eigenvalue weighted by atomic mass is 35.5. The molecule has 2 aromatic heterocycles. The van der Waals surface area contributed by atoms with Gasteiger partial charge in [-0.3, -0.25) is 4.98 Å². The summed E-state index contributed by atoms with van der Waals surface area (Å²) in [5.41, 5.74) is 6.40. The molecule has 0 unspecified atom stereocenters. The first-order valence-electron chi connectivity index (χ1n) is 12.3. The van der Waals surface area contributed by atoms with Crippen molar-refractivity contribution in [3.8, 4) is 11.3 Å². The Hall–Kier alpha value is -3.63. The molecule has 6 rings (SSSR count). The molecule has 0 aliphatic heterocycles. The van der Waals surface area contributed by atoms with Crippen LogP contribution in [0.5, 0.6) is 0 Å². The van der Waals surface area contributed by atoms with Crippen LogP contribution in [0.4, 0.5) is 11.4 Å². The van der Waals surface area contributed by atoms with E-state index < -0.39 is 0 Å². The van der Waals surface area contributed by atoms with Gasteiger partial charge in [0.25, 0.3) is 0 Å². The van der Waals surface area contributed by atoms with E-state index in [2.05, 4.69) is 82.3 Å². The van der Waals surface area contributed by atoms with E-state index in [1.807, 2.05) is 24.4 Å². The molecule has 4 nitrogen and oxygen atoms in total. The summed E-state index contributed by atoms with van der Waals surface area (Å²) in [7, 11) is 0. The Kier molecular flexibility index (Phi) is 5.97. The average molecular weight is 479 g/mol. The van der Waals surface area contributed by atoms with Crippen LogP contribution < -0.4 is 10.6 Å². The lowest BCUT2D eigenvalue weighted by Gasteiger charge is -2.31. The highest BCUT2D eigenvalue weighted by Gasteiger charge is 2.22. The van der Waals surface area contributed by atoms with E-state index in [4.69, 9.17) is 16.6 Å². The summed E-state index contributed by atoms with van der Waals surface area (Å²) in [6, 6.07) is 29.9. The monoisotopic (exact) mass is 478 g/mol. The number of pyridine rings is 2. The van der Waals surface area contributed by atoms with Gasteiger partial charge in [-0.15, -0.1) is 0 Å². The molecule has 1 saturated carbocycles. The van der Waals surface area contributed by atoms with Crippen LogP contribution in [0.15, 0.2) is 91.1 Å². The summed E-state index contributed by atoms with van der Waals surface area (Å²) >= 11 is 6.16. The lowest BCUT2D eigenvalue weighted by Crippen LogP contribution is -2.32. The Morgan fingerprint density at radius 2 is 1.34 bits per heavy atom. The van der Waals surface area contributed by atoms with Crippen LogP contribution in [0.1, 0.15) is 25.7 Å². The van der Waals surface area contributed by atoms with E-state index >= 15 is 0 Å². The molecule has 174 valence electrons. The molecule has 5 heteroatoms. The zero-order valence-electron chi connectivity index (χ0n) is 19.4. The molecule has 1 aliphatic rings. The van der Waals surface area contributed by atoms with Gasteiger partial charge in [0, 0.05) is 51.0 Å². The van der Waals surface area contributed by atoms with Gasteiger partial charge in [-0.1, -0.05) is 60.1 Å². The maximum atomic E-state index is 6.16. The van der Waals surface area contributed by atoms with E-state index in [9.17, 15) is 0 Å². The van der Waals surface area contributed by atoms with E-state index in [-0.39, 0.29) is 0 Å². The number of halogens is 1. The van der Waals surface area contributed by atoms with Gasteiger partial charge in [-0.05, 0) is 62.1 Å². The number of rotatable bonds is 5. The fraction of sp³-hybridized carbons (Fsp3) is 0.200. The van der Waals surface area contributed by atoms with Crippen LogP contribution in [0.2, 0.25) is 5.02 Å². The first kappa shape index (κ1) is 21.9. The normalized spacial score (nSPS) is 18.0. The number of nitrogens with zero attached hydrogens (tertiary/aromatic N) is 2. The molecule has 0 spiro atoms. The van der Waals surface area contributed by atoms with E-state index in [0.29, 0.717) is 17.1 Å². The Morgan fingerprint density at radius 1 is 0.657 bits per heavy atom. The third-order valence-corrected chi connectivity index (χ3v) is 7.17. The first-order valence-corrected chi connectivity index (χ1v) is 12.6. The maximum Gasteiger partial charge on any atom is 0.0737 e. The Balaban J connectivity index is 1.18. The SMILES string of the molecule is Clc1ccc2c(NC3CCC(Nc4cc(-c5ccccc5)nc5ccccc45)CC3)ccnc2c1. The number of benzene rings is 3. The van der Waals surface area contributed by atoms with Crippen molar-refractivity contribution in [2.75, 3.05) is 10.6 Å². The quantitative estimate of drug-likeness (QED) is 0.269. The van der Waals surface area contributed by atoms with Crippen molar-refractivity contribution in [1.82, 2.24) is 9.97 Å². The Labute approximate surface area is 210 Å². The molecule has 0 atom stereocenters. The number of nitrogens with one attached hydrogen (secondary N) is 2. The molecule has 35 heavy (non-hydrogen) atoms. The van der Waals surface area contributed by atoms with Crippen LogP contribution in [-0.2, 0) is 0 Å². The minimum atomic E-state index is 0.440. The predicted octanol–water partition coefficient (Wildman–Crippen LogP) is 7.94. The second-order valence-corrected chi connectivity index (χ2v) is 9.73. The van der Waals surface area contributed by atoms with Gasteiger partial charge in [0.1, 0.15) is 0 Å². The minimum absolute atomic E-state index is 0.440. The van der Waals surface area contributed by atoms with E-state index in [1.54, 1.807) is 0 Å². The average Bonchev–Trinajstić information content (AvgIpc) is 2.90. The van der Waals surface area contributed by atoms with Crippen molar-refractivity contribution in [2.45, 2.75) is 37.8 Å². The number of anilines is 2. The standard InChI is InChI=1S/C30H27ClN4/c31-21-10-15-25-27(16-17-32-29(25)18-21)33-22-11-13-23(14-12-22)34-30-19-28(20-6-2-1-3-7-20)35-26-9-5-4-8-24(26)30/h1-10,15-19,22-23H,11-14H2,(H,32,33)(H,34,35). The first-order chi connectivity index (χ1) is 17.2. The maximum absolute atomic E-state index is 6.16. The number of para-hydroxylation sites is 1. The zero-order chi connectivity index (χ0) is 23.6. The molecular weight excluding hydrogens is 452 g/mol. The van der Waals surface area contributed by atoms with Gasteiger partial charge in [0.2, 0.25) is 0 Å². The molecule has 0 saturated heterocycles. The molecule has 5 aromatic rings. The lowest BCUT2D eigenvalue weighted by atomic mass is 9.90. The molecule has 0 amide bonds. The molecular formula is C30H27ClN4. The topological polar surface area (TPSA) is 49.8 Å². The smallest absolute Gasteiger partial charge is 0.0737 e. The Morgan fingerprint density at radius 3 is 2.14 bits per heavy atom. The lowest BCUT2D eigenvalue weighted by molar-refractivity contribution is 0.429. The van der Waals surface area contributed by atoms with Crippen molar-refractivity contribution in [2.24, 2.45) is 0 Å². The highest BCUT2D eigenvalue weighted by Crippen LogP contribution is 2.32. The summed E-state index contributed by atoms with van der Waals surface area (Å²) in [6.45, 7) is 0. The molecule has 3 aromatic carbocycles. The molecule has 2 N–H and O–H groups in total. The van der Waals surface area contributed by atoms with Crippen LogP contribution in [0.3, 0.4) is 0 Å². The van der Waals surface area contributed by atoms with Crippen molar-refractivity contribution in [3.05, 3.63) is 96.1 Å². The predicted molar refractivity (Wildman–Crippen MR) is 147 cm³/mol. The zero-order valence-corrected chi connectivity index (χ0v) is 20.2. The minimum Gasteiger partial charge on any atom is -0.382 e. The number of hydrogen-bond acceptors (Lipinski definition) is 4.